The third-order valence-corrected chi connectivity index (χ3v) is 1.97. The van der Waals surface area contributed by atoms with Crippen molar-refractivity contribution in [3.63, 3.8) is 0 Å². The number of halogens is 2. The average Bonchev–Trinajstić information content (AvgIpc) is 1.83. The van der Waals surface area contributed by atoms with Crippen molar-refractivity contribution >= 4 is 33.5 Å². The number of carbonyl (C=O) groups excluding carboxylic acids is 1. The Balaban J connectivity index is 3.16. The topological polar surface area (TPSA) is 26.3 Å². The van der Waals surface area contributed by atoms with Gasteiger partial charge in [0.1, 0.15) is 6.61 Å². The first kappa shape index (κ1) is 9.24. The summed E-state index contributed by atoms with van der Waals surface area (Å²) in [5, 5.41) is 0. The molecule has 0 aromatic carbocycles. The molecular weight excluding hydrogens is 207 g/mol. The summed E-state index contributed by atoms with van der Waals surface area (Å²) >= 11 is 8.59. The molecule has 0 N–H and O–H groups in total. The molecule has 9 heavy (non-hydrogen) atoms. The highest BCUT2D eigenvalue weighted by Gasteiger charge is 2.02. The summed E-state index contributed by atoms with van der Waals surface area (Å²) in [6, 6.07) is 0. The first-order valence-corrected chi connectivity index (χ1v) is 3.95. The first-order chi connectivity index (χ1) is 4.16. The number of rotatable bonds is 3. The van der Waals surface area contributed by atoms with Gasteiger partial charge < -0.3 is 4.74 Å². The summed E-state index contributed by atoms with van der Waals surface area (Å²) in [5.74, 6) is 0.178. The monoisotopic (exact) mass is 214 g/mol. The molecule has 0 saturated heterocycles. The minimum absolute atomic E-state index is 0.0723. The van der Waals surface area contributed by atoms with E-state index in [2.05, 4.69) is 20.7 Å². The Morgan fingerprint density at radius 3 is 2.78 bits per heavy atom. The fourth-order valence-electron chi connectivity index (χ4n) is 0.252. The molecule has 0 radical (unpaired) electrons. The van der Waals surface area contributed by atoms with Crippen molar-refractivity contribution in [3.05, 3.63) is 0 Å². The highest BCUT2D eigenvalue weighted by Crippen LogP contribution is 2.01. The van der Waals surface area contributed by atoms with E-state index < -0.39 is 0 Å². The second kappa shape index (κ2) is 5.06. The van der Waals surface area contributed by atoms with Gasteiger partial charge in [0.25, 0.3) is 0 Å². The smallest absolute Gasteiger partial charge is 0.302 e. The molecule has 0 rings (SSSR count). The lowest BCUT2D eigenvalue weighted by molar-refractivity contribution is -0.140. The molecule has 0 aromatic rings. The van der Waals surface area contributed by atoms with Crippen LogP contribution in [0.3, 0.4) is 0 Å². The number of alkyl halides is 2. The Morgan fingerprint density at radius 2 is 2.44 bits per heavy atom. The zero-order valence-electron chi connectivity index (χ0n) is 5.06. The van der Waals surface area contributed by atoms with E-state index in [1.165, 1.54) is 6.92 Å². The van der Waals surface area contributed by atoms with Gasteiger partial charge in [-0.25, -0.2) is 0 Å². The van der Waals surface area contributed by atoms with Gasteiger partial charge in [-0.05, 0) is 0 Å². The lowest BCUT2D eigenvalue weighted by atomic mass is 10.5. The fourth-order valence-corrected chi connectivity index (χ4v) is 0.474. The van der Waals surface area contributed by atoms with Gasteiger partial charge in [-0.3, -0.25) is 4.79 Å². The van der Waals surface area contributed by atoms with Crippen molar-refractivity contribution in [2.45, 2.75) is 11.8 Å². The number of carbonyl (C=O) groups is 1. The second-order valence-corrected chi connectivity index (χ2v) is 3.16. The van der Waals surface area contributed by atoms with Gasteiger partial charge in [-0.15, -0.1) is 11.6 Å². The summed E-state index contributed by atoms with van der Waals surface area (Å²) in [5.41, 5.74) is 0. The molecule has 0 spiro atoms. The van der Waals surface area contributed by atoms with Gasteiger partial charge >= 0.3 is 5.97 Å². The SMILES string of the molecule is CC(=O)OC[C@H](Br)CCl. The van der Waals surface area contributed by atoms with E-state index in [1.54, 1.807) is 0 Å². The second-order valence-electron chi connectivity index (χ2n) is 1.55. The van der Waals surface area contributed by atoms with Gasteiger partial charge in [0.05, 0.1) is 4.83 Å². The molecule has 1 atom stereocenters. The molecule has 0 heterocycles. The summed E-state index contributed by atoms with van der Waals surface area (Å²) < 4.78 is 4.62. The Morgan fingerprint density at radius 1 is 1.89 bits per heavy atom. The first-order valence-electron chi connectivity index (χ1n) is 2.50. The Hall–Kier alpha value is 0.240. The van der Waals surface area contributed by atoms with Crippen molar-refractivity contribution in [2.75, 3.05) is 12.5 Å². The van der Waals surface area contributed by atoms with Crippen LogP contribution in [0.5, 0.6) is 0 Å². The Labute approximate surface area is 67.6 Å². The van der Waals surface area contributed by atoms with Gasteiger partial charge in [0.2, 0.25) is 0 Å². The average molecular weight is 215 g/mol. The molecule has 2 nitrogen and oxygen atoms in total. The number of ether oxygens (including phenoxy) is 1. The van der Waals surface area contributed by atoms with Gasteiger partial charge in [-0.1, -0.05) is 15.9 Å². The normalized spacial score (nSPS) is 12.8. The molecule has 0 saturated carbocycles. The lowest BCUT2D eigenvalue weighted by Gasteiger charge is -2.03. The van der Waals surface area contributed by atoms with Crippen molar-refractivity contribution in [3.8, 4) is 0 Å². The van der Waals surface area contributed by atoms with E-state index in [0.29, 0.717) is 12.5 Å². The van der Waals surface area contributed by atoms with Crippen LogP contribution in [0.1, 0.15) is 6.92 Å². The quantitative estimate of drug-likeness (QED) is 0.527. The maximum atomic E-state index is 10.2. The molecule has 0 aliphatic rings. The van der Waals surface area contributed by atoms with Crippen molar-refractivity contribution in [2.24, 2.45) is 0 Å². The number of hydrogen-bond donors (Lipinski definition) is 0. The van der Waals surface area contributed by atoms with E-state index >= 15 is 0 Å². The summed E-state index contributed by atoms with van der Waals surface area (Å²) in [6.07, 6.45) is 0. The van der Waals surface area contributed by atoms with E-state index in [-0.39, 0.29) is 10.8 Å². The largest absolute Gasteiger partial charge is 0.465 e. The third kappa shape index (κ3) is 6.12. The van der Waals surface area contributed by atoms with Crippen LogP contribution < -0.4 is 0 Å². The van der Waals surface area contributed by atoms with Crippen LogP contribution in [0.4, 0.5) is 0 Å². The van der Waals surface area contributed by atoms with E-state index in [0.717, 1.165) is 0 Å². The molecule has 0 bridgehead atoms. The van der Waals surface area contributed by atoms with Gasteiger partial charge in [-0.2, -0.15) is 0 Å². The minimum atomic E-state index is -0.274. The predicted molar refractivity (Wildman–Crippen MR) is 40.1 cm³/mol. The molecule has 0 aromatic heterocycles. The maximum absolute atomic E-state index is 10.2. The van der Waals surface area contributed by atoms with Crippen molar-refractivity contribution < 1.29 is 9.53 Å². The van der Waals surface area contributed by atoms with E-state index in [1.807, 2.05) is 0 Å². The Kier molecular flexibility index (Phi) is 5.19. The summed E-state index contributed by atoms with van der Waals surface area (Å²) in [4.78, 5) is 10.3. The zero-order chi connectivity index (χ0) is 7.28. The van der Waals surface area contributed by atoms with Crippen LogP contribution in [0.2, 0.25) is 0 Å². The van der Waals surface area contributed by atoms with Gasteiger partial charge in [0, 0.05) is 12.8 Å². The van der Waals surface area contributed by atoms with Crippen LogP contribution in [-0.4, -0.2) is 23.3 Å². The predicted octanol–water partition coefficient (Wildman–Crippen LogP) is 1.55. The molecule has 0 unspecified atom stereocenters. The molecule has 0 aliphatic heterocycles. The standard InChI is InChI=1S/C5H8BrClO2/c1-4(8)9-3-5(6)2-7/h5H,2-3H2,1H3/t5-/m1/s1. The maximum Gasteiger partial charge on any atom is 0.302 e. The van der Waals surface area contributed by atoms with Crippen molar-refractivity contribution in [1.29, 1.82) is 0 Å². The van der Waals surface area contributed by atoms with Crippen LogP contribution in [-0.2, 0) is 9.53 Å². The van der Waals surface area contributed by atoms with Crippen molar-refractivity contribution in [1.82, 2.24) is 0 Å². The number of esters is 1. The van der Waals surface area contributed by atoms with E-state index in [9.17, 15) is 4.79 Å². The van der Waals surface area contributed by atoms with E-state index in [4.69, 9.17) is 11.6 Å². The molecular formula is C5H8BrClO2. The summed E-state index contributed by atoms with van der Waals surface area (Å²) in [6.45, 7) is 1.72. The Bertz CT molecular complexity index is 97.0. The third-order valence-electron chi connectivity index (χ3n) is 0.635. The molecule has 0 aliphatic carbocycles. The zero-order valence-corrected chi connectivity index (χ0v) is 7.41. The molecule has 0 fully saturated rings. The summed E-state index contributed by atoms with van der Waals surface area (Å²) in [7, 11) is 0. The lowest BCUT2D eigenvalue weighted by Crippen LogP contribution is -2.12. The molecule has 0 amide bonds. The minimum Gasteiger partial charge on any atom is -0.465 e. The van der Waals surface area contributed by atoms with Crippen LogP contribution >= 0.6 is 27.5 Å². The van der Waals surface area contributed by atoms with Gasteiger partial charge in [0.15, 0.2) is 0 Å². The van der Waals surface area contributed by atoms with Crippen LogP contribution in [0, 0.1) is 0 Å². The highest BCUT2D eigenvalue weighted by molar-refractivity contribution is 9.09. The molecule has 54 valence electrons. The number of hydrogen-bond acceptors (Lipinski definition) is 2. The highest BCUT2D eigenvalue weighted by atomic mass is 79.9. The fraction of sp³-hybridized carbons (Fsp3) is 0.800. The van der Waals surface area contributed by atoms with Crippen LogP contribution in [0.25, 0.3) is 0 Å². The molecule has 4 heteroatoms. The van der Waals surface area contributed by atoms with Crippen LogP contribution in [0.15, 0.2) is 0 Å².